The van der Waals surface area contributed by atoms with Crippen molar-refractivity contribution in [3.05, 3.63) is 65.4 Å². The minimum atomic E-state index is -0.193. The SMILES string of the molecule is O=C(Cc1cc(Cl)c2c(c1)OCCCO2)Nc1cnc(-c2ccccc2)nc1. The number of carbonyl (C=O) groups is 1. The summed E-state index contributed by atoms with van der Waals surface area (Å²) < 4.78 is 11.3. The van der Waals surface area contributed by atoms with E-state index in [1.165, 1.54) is 0 Å². The summed E-state index contributed by atoms with van der Waals surface area (Å²) in [5.74, 6) is 1.52. The van der Waals surface area contributed by atoms with Crippen LogP contribution in [-0.4, -0.2) is 29.1 Å². The third-order valence-corrected chi connectivity index (χ3v) is 4.47. The van der Waals surface area contributed by atoms with Crippen LogP contribution in [-0.2, 0) is 11.2 Å². The highest BCUT2D eigenvalue weighted by Crippen LogP contribution is 2.38. The van der Waals surface area contributed by atoms with E-state index in [0.717, 1.165) is 17.5 Å². The van der Waals surface area contributed by atoms with E-state index in [0.29, 0.717) is 41.2 Å². The summed E-state index contributed by atoms with van der Waals surface area (Å²) in [5.41, 5.74) is 2.20. The molecule has 0 saturated heterocycles. The summed E-state index contributed by atoms with van der Waals surface area (Å²) in [6.45, 7) is 1.12. The lowest BCUT2D eigenvalue weighted by atomic mass is 10.1. The summed E-state index contributed by atoms with van der Waals surface area (Å²) in [6.07, 6.45) is 4.12. The highest BCUT2D eigenvalue weighted by atomic mass is 35.5. The molecule has 0 fully saturated rings. The van der Waals surface area contributed by atoms with Gasteiger partial charge in [-0.15, -0.1) is 0 Å². The largest absolute Gasteiger partial charge is 0.489 e. The van der Waals surface area contributed by atoms with Gasteiger partial charge < -0.3 is 14.8 Å². The normalized spacial score (nSPS) is 12.9. The van der Waals surface area contributed by atoms with Gasteiger partial charge in [-0.3, -0.25) is 4.79 Å². The molecule has 0 aliphatic carbocycles. The first kappa shape index (κ1) is 18.3. The van der Waals surface area contributed by atoms with Crippen molar-refractivity contribution in [2.45, 2.75) is 12.8 Å². The Hall–Kier alpha value is -3.12. The molecule has 1 amide bonds. The van der Waals surface area contributed by atoms with Crippen LogP contribution < -0.4 is 14.8 Å². The Balaban J connectivity index is 1.43. The molecule has 7 heteroatoms. The second-order valence-corrected chi connectivity index (χ2v) is 6.75. The molecule has 0 atom stereocenters. The van der Waals surface area contributed by atoms with Crippen LogP contribution in [0.1, 0.15) is 12.0 Å². The van der Waals surface area contributed by atoms with Crippen molar-refractivity contribution in [1.82, 2.24) is 9.97 Å². The van der Waals surface area contributed by atoms with Crippen molar-refractivity contribution >= 4 is 23.2 Å². The number of benzene rings is 2. The monoisotopic (exact) mass is 395 g/mol. The molecule has 0 bridgehead atoms. The van der Waals surface area contributed by atoms with E-state index in [4.69, 9.17) is 21.1 Å². The van der Waals surface area contributed by atoms with E-state index >= 15 is 0 Å². The zero-order valence-corrected chi connectivity index (χ0v) is 15.8. The van der Waals surface area contributed by atoms with Gasteiger partial charge >= 0.3 is 0 Å². The zero-order valence-electron chi connectivity index (χ0n) is 15.0. The first-order chi connectivity index (χ1) is 13.7. The van der Waals surface area contributed by atoms with Crippen LogP contribution in [0.5, 0.6) is 11.5 Å². The molecule has 6 nitrogen and oxygen atoms in total. The molecule has 3 aromatic rings. The van der Waals surface area contributed by atoms with Crippen molar-refractivity contribution in [3.63, 3.8) is 0 Å². The predicted octanol–water partition coefficient (Wildman–Crippen LogP) is 4.14. The fourth-order valence-corrected chi connectivity index (χ4v) is 3.19. The topological polar surface area (TPSA) is 73.3 Å². The van der Waals surface area contributed by atoms with Crippen molar-refractivity contribution in [3.8, 4) is 22.9 Å². The molecule has 28 heavy (non-hydrogen) atoms. The number of hydrogen-bond donors (Lipinski definition) is 1. The third kappa shape index (κ3) is 4.23. The number of amides is 1. The highest BCUT2D eigenvalue weighted by Gasteiger charge is 2.17. The lowest BCUT2D eigenvalue weighted by molar-refractivity contribution is -0.115. The molecular weight excluding hydrogens is 378 g/mol. The van der Waals surface area contributed by atoms with E-state index in [1.807, 2.05) is 30.3 Å². The van der Waals surface area contributed by atoms with E-state index in [9.17, 15) is 4.79 Å². The van der Waals surface area contributed by atoms with Gasteiger partial charge in [0.25, 0.3) is 0 Å². The van der Waals surface area contributed by atoms with Gasteiger partial charge in [0.2, 0.25) is 5.91 Å². The maximum atomic E-state index is 12.4. The number of rotatable bonds is 4. The predicted molar refractivity (Wildman–Crippen MR) is 107 cm³/mol. The van der Waals surface area contributed by atoms with E-state index < -0.39 is 0 Å². The number of ether oxygens (including phenoxy) is 2. The Morgan fingerprint density at radius 3 is 2.61 bits per heavy atom. The van der Waals surface area contributed by atoms with Gasteiger partial charge in [0.1, 0.15) is 0 Å². The second kappa shape index (κ2) is 8.27. The maximum absolute atomic E-state index is 12.4. The van der Waals surface area contributed by atoms with Crippen LogP contribution in [0.25, 0.3) is 11.4 Å². The molecule has 0 radical (unpaired) electrons. The van der Waals surface area contributed by atoms with Crippen LogP contribution in [0.3, 0.4) is 0 Å². The Labute approximate surface area is 167 Å². The van der Waals surface area contributed by atoms with Gasteiger partial charge in [-0.1, -0.05) is 41.9 Å². The average Bonchev–Trinajstić information content (AvgIpc) is 2.95. The molecule has 1 aliphatic heterocycles. The molecule has 2 aromatic carbocycles. The Morgan fingerprint density at radius 1 is 1.07 bits per heavy atom. The van der Waals surface area contributed by atoms with Gasteiger partial charge in [0.05, 0.1) is 42.7 Å². The van der Waals surface area contributed by atoms with Crippen LogP contribution in [0.15, 0.2) is 54.9 Å². The maximum Gasteiger partial charge on any atom is 0.228 e. The first-order valence-electron chi connectivity index (χ1n) is 8.94. The average molecular weight is 396 g/mol. The van der Waals surface area contributed by atoms with Crippen molar-refractivity contribution in [2.24, 2.45) is 0 Å². The van der Waals surface area contributed by atoms with Crippen molar-refractivity contribution in [2.75, 3.05) is 18.5 Å². The molecule has 0 spiro atoms. The van der Waals surface area contributed by atoms with E-state index in [2.05, 4.69) is 15.3 Å². The molecule has 1 N–H and O–H groups in total. The molecule has 2 heterocycles. The number of aromatic nitrogens is 2. The minimum absolute atomic E-state index is 0.150. The van der Waals surface area contributed by atoms with Crippen molar-refractivity contribution in [1.29, 1.82) is 0 Å². The number of fused-ring (bicyclic) bond motifs is 1. The van der Waals surface area contributed by atoms with Gasteiger partial charge in [-0.05, 0) is 17.7 Å². The Morgan fingerprint density at radius 2 is 1.82 bits per heavy atom. The second-order valence-electron chi connectivity index (χ2n) is 6.34. The number of nitrogens with zero attached hydrogens (tertiary/aromatic N) is 2. The Bertz CT molecular complexity index is 978. The molecular formula is C21H18ClN3O3. The third-order valence-electron chi connectivity index (χ3n) is 4.19. The van der Waals surface area contributed by atoms with Gasteiger partial charge in [-0.2, -0.15) is 0 Å². The molecule has 0 unspecified atom stereocenters. The number of nitrogens with one attached hydrogen (secondary N) is 1. The highest BCUT2D eigenvalue weighted by molar-refractivity contribution is 6.32. The Kier molecular flexibility index (Phi) is 5.39. The van der Waals surface area contributed by atoms with E-state index in [-0.39, 0.29) is 12.3 Å². The molecule has 4 rings (SSSR count). The molecule has 1 aliphatic rings. The fraction of sp³-hybridized carbons (Fsp3) is 0.190. The van der Waals surface area contributed by atoms with Crippen LogP contribution in [0.4, 0.5) is 5.69 Å². The summed E-state index contributed by atoms with van der Waals surface area (Å²) in [6, 6.07) is 13.2. The molecule has 142 valence electrons. The number of hydrogen-bond acceptors (Lipinski definition) is 5. The van der Waals surface area contributed by atoms with Crippen LogP contribution in [0.2, 0.25) is 5.02 Å². The summed E-state index contributed by atoms with van der Waals surface area (Å²) in [5, 5.41) is 3.24. The number of carbonyl (C=O) groups excluding carboxylic acids is 1. The van der Waals surface area contributed by atoms with Crippen molar-refractivity contribution < 1.29 is 14.3 Å². The zero-order chi connectivity index (χ0) is 19.3. The van der Waals surface area contributed by atoms with Crippen LogP contribution in [0, 0.1) is 0 Å². The number of halogens is 1. The molecule has 0 saturated carbocycles. The smallest absolute Gasteiger partial charge is 0.228 e. The minimum Gasteiger partial charge on any atom is -0.489 e. The summed E-state index contributed by atoms with van der Waals surface area (Å²) in [4.78, 5) is 21.0. The van der Waals surface area contributed by atoms with Gasteiger partial charge in [-0.25, -0.2) is 9.97 Å². The lowest BCUT2D eigenvalue weighted by Crippen LogP contribution is -2.15. The molecule has 1 aromatic heterocycles. The van der Waals surface area contributed by atoms with Gasteiger partial charge in [0.15, 0.2) is 17.3 Å². The van der Waals surface area contributed by atoms with Crippen LogP contribution >= 0.6 is 11.6 Å². The summed E-state index contributed by atoms with van der Waals surface area (Å²) in [7, 11) is 0. The first-order valence-corrected chi connectivity index (χ1v) is 9.32. The lowest BCUT2D eigenvalue weighted by Gasteiger charge is -2.11. The standard InChI is InChI=1S/C21H18ClN3O3/c22-17-9-14(10-18-20(17)28-8-4-7-27-18)11-19(26)25-16-12-23-21(24-13-16)15-5-2-1-3-6-15/h1-3,5-6,9-10,12-13H,4,7-8,11H2,(H,25,26). The number of anilines is 1. The van der Waals surface area contributed by atoms with Gasteiger partial charge in [0, 0.05) is 12.0 Å². The fourth-order valence-electron chi connectivity index (χ4n) is 2.91. The van der Waals surface area contributed by atoms with E-state index in [1.54, 1.807) is 24.5 Å². The summed E-state index contributed by atoms with van der Waals surface area (Å²) >= 11 is 6.28. The quantitative estimate of drug-likeness (QED) is 0.718.